The zero-order valence-electron chi connectivity index (χ0n) is 15.1. The summed E-state index contributed by atoms with van der Waals surface area (Å²) in [6.45, 7) is 3.49. The van der Waals surface area contributed by atoms with Crippen LogP contribution in [0.2, 0.25) is 0 Å². The second-order valence-corrected chi connectivity index (χ2v) is 7.35. The lowest BCUT2D eigenvalue weighted by atomic mass is 10.1. The van der Waals surface area contributed by atoms with Crippen molar-refractivity contribution in [2.45, 2.75) is 26.6 Å². The van der Waals surface area contributed by atoms with Crippen molar-refractivity contribution in [3.05, 3.63) is 85.5 Å². The first-order valence-electron chi connectivity index (χ1n) is 8.39. The van der Waals surface area contributed by atoms with E-state index in [4.69, 9.17) is 0 Å². The average molecular weight is 406 g/mol. The Morgan fingerprint density at radius 2 is 1.79 bits per heavy atom. The van der Waals surface area contributed by atoms with Crippen molar-refractivity contribution in [2.75, 3.05) is 5.32 Å². The van der Waals surface area contributed by atoms with E-state index in [0.29, 0.717) is 16.9 Å². The third-order valence-corrected chi connectivity index (χ3v) is 5.33. The van der Waals surface area contributed by atoms with E-state index in [0.717, 1.165) is 29.0 Å². The van der Waals surface area contributed by atoms with Crippen molar-refractivity contribution in [3.8, 4) is 0 Å². The quantitative estimate of drug-likeness (QED) is 0.674. The summed E-state index contributed by atoms with van der Waals surface area (Å²) in [6, 6.07) is 12.0. The average Bonchev–Trinajstić information content (AvgIpc) is 2.91. The van der Waals surface area contributed by atoms with Crippen LogP contribution in [0.5, 0.6) is 0 Å². The molecule has 1 aromatic heterocycles. The number of hydrogen-bond donors (Lipinski definition) is 1. The topological polar surface area (TPSA) is 51.1 Å². The standard InChI is InChI=1S/C20H17F3N2O2S/c1-12-6-8-16(9-7-12)24-18(26)17-13(2)25(19(27)28-17)11-14-4-3-5-15(10-14)20(21,22)23/h3-10H,11H2,1-2H3,(H,24,26). The molecule has 0 bridgehead atoms. The molecule has 0 aliphatic heterocycles. The van der Waals surface area contributed by atoms with E-state index in [2.05, 4.69) is 5.32 Å². The van der Waals surface area contributed by atoms with E-state index in [1.807, 2.05) is 19.1 Å². The van der Waals surface area contributed by atoms with Gasteiger partial charge in [-0.1, -0.05) is 41.2 Å². The monoisotopic (exact) mass is 406 g/mol. The molecule has 0 spiro atoms. The van der Waals surface area contributed by atoms with Gasteiger partial charge in [0.05, 0.1) is 12.1 Å². The highest BCUT2D eigenvalue weighted by Gasteiger charge is 2.30. The number of rotatable bonds is 4. The summed E-state index contributed by atoms with van der Waals surface area (Å²) in [5.74, 6) is -0.425. The smallest absolute Gasteiger partial charge is 0.321 e. The molecule has 8 heteroatoms. The molecule has 0 aliphatic carbocycles. The summed E-state index contributed by atoms with van der Waals surface area (Å²) in [6.07, 6.45) is -4.45. The zero-order valence-corrected chi connectivity index (χ0v) is 15.9. The van der Waals surface area contributed by atoms with Crippen LogP contribution in [0, 0.1) is 13.8 Å². The molecular weight excluding hydrogens is 389 g/mol. The first kappa shape index (κ1) is 19.9. The van der Waals surface area contributed by atoms with E-state index < -0.39 is 22.5 Å². The van der Waals surface area contributed by atoms with Crippen molar-refractivity contribution in [1.82, 2.24) is 4.57 Å². The molecule has 1 amide bonds. The molecule has 1 N–H and O–H groups in total. The van der Waals surface area contributed by atoms with Crippen molar-refractivity contribution >= 4 is 22.9 Å². The Balaban J connectivity index is 1.85. The van der Waals surface area contributed by atoms with Crippen LogP contribution in [0.1, 0.15) is 32.1 Å². The number of carbonyl (C=O) groups excluding carboxylic acids is 1. The molecule has 146 valence electrons. The minimum atomic E-state index is -4.45. The summed E-state index contributed by atoms with van der Waals surface area (Å²) in [5.41, 5.74) is 1.62. The molecule has 4 nitrogen and oxygen atoms in total. The first-order chi connectivity index (χ1) is 13.1. The molecule has 1 heterocycles. The highest BCUT2D eigenvalue weighted by Crippen LogP contribution is 2.29. The fraction of sp³-hybridized carbons (Fsp3) is 0.200. The molecule has 0 unspecified atom stereocenters. The van der Waals surface area contributed by atoms with Crippen LogP contribution in [-0.2, 0) is 12.7 Å². The number of aromatic nitrogens is 1. The molecule has 0 atom stereocenters. The van der Waals surface area contributed by atoms with Gasteiger partial charge in [-0.2, -0.15) is 13.2 Å². The van der Waals surface area contributed by atoms with E-state index in [1.165, 1.54) is 16.7 Å². The number of hydrogen-bond acceptors (Lipinski definition) is 3. The minimum Gasteiger partial charge on any atom is -0.321 e. The Morgan fingerprint density at radius 1 is 1.11 bits per heavy atom. The summed E-state index contributed by atoms with van der Waals surface area (Å²) in [7, 11) is 0. The van der Waals surface area contributed by atoms with Gasteiger partial charge < -0.3 is 5.32 Å². The number of aryl methyl sites for hydroxylation is 1. The van der Waals surface area contributed by atoms with Gasteiger partial charge in [0.1, 0.15) is 4.88 Å². The van der Waals surface area contributed by atoms with Gasteiger partial charge in [0.25, 0.3) is 5.91 Å². The van der Waals surface area contributed by atoms with Gasteiger partial charge >= 0.3 is 11.0 Å². The predicted octanol–water partition coefficient (Wildman–Crippen LogP) is 4.85. The van der Waals surface area contributed by atoms with Gasteiger partial charge in [-0.05, 0) is 43.7 Å². The fourth-order valence-electron chi connectivity index (χ4n) is 2.72. The summed E-state index contributed by atoms with van der Waals surface area (Å²) >= 11 is 0.774. The SMILES string of the molecule is Cc1ccc(NC(=O)c2sc(=O)n(Cc3cccc(C(F)(F)F)c3)c2C)cc1. The van der Waals surface area contributed by atoms with Crippen LogP contribution in [0.4, 0.5) is 18.9 Å². The fourth-order valence-corrected chi connectivity index (χ4v) is 3.61. The highest BCUT2D eigenvalue weighted by atomic mass is 32.1. The van der Waals surface area contributed by atoms with E-state index in [9.17, 15) is 22.8 Å². The Morgan fingerprint density at radius 3 is 2.43 bits per heavy atom. The number of nitrogens with zero attached hydrogens (tertiary/aromatic N) is 1. The summed E-state index contributed by atoms with van der Waals surface area (Å²) in [4.78, 5) is 24.7. The largest absolute Gasteiger partial charge is 0.416 e. The summed E-state index contributed by atoms with van der Waals surface area (Å²) in [5, 5.41) is 2.73. The van der Waals surface area contributed by atoms with E-state index >= 15 is 0 Å². The Hall–Kier alpha value is -2.87. The molecule has 28 heavy (non-hydrogen) atoms. The Kier molecular flexibility index (Phi) is 5.42. The lowest BCUT2D eigenvalue weighted by Gasteiger charge is -2.10. The van der Waals surface area contributed by atoms with Crippen molar-refractivity contribution in [2.24, 2.45) is 0 Å². The maximum atomic E-state index is 12.9. The molecule has 0 fully saturated rings. The molecule has 0 aliphatic rings. The minimum absolute atomic E-state index is 0.0388. The molecular formula is C20H17F3N2O2S. The third-order valence-electron chi connectivity index (χ3n) is 4.25. The number of amides is 1. The van der Waals surface area contributed by atoms with Crippen molar-refractivity contribution in [3.63, 3.8) is 0 Å². The van der Waals surface area contributed by atoms with Crippen LogP contribution < -0.4 is 10.2 Å². The van der Waals surface area contributed by atoms with Crippen molar-refractivity contribution < 1.29 is 18.0 Å². The zero-order chi connectivity index (χ0) is 20.5. The van der Waals surface area contributed by atoms with Crippen molar-refractivity contribution in [1.29, 1.82) is 0 Å². The van der Waals surface area contributed by atoms with E-state index in [-0.39, 0.29) is 11.4 Å². The third kappa shape index (κ3) is 4.33. The van der Waals surface area contributed by atoms with Gasteiger partial charge in [0.15, 0.2) is 0 Å². The van der Waals surface area contributed by atoms with Crippen LogP contribution in [-0.4, -0.2) is 10.5 Å². The number of thiazole rings is 1. The number of benzene rings is 2. The number of nitrogens with one attached hydrogen (secondary N) is 1. The number of anilines is 1. The number of carbonyl (C=O) groups is 1. The van der Waals surface area contributed by atoms with Gasteiger partial charge in [0, 0.05) is 11.4 Å². The predicted molar refractivity (Wildman–Crippen MR) is 103 cm³/mol. The van der Waals surface area contributed by atoms with E-state index in [1.54, 1.807) is 19.1 Å². The lowest BCUT2D eigenvalue weighted by molar-refractivity contribution is -0.137. The normalized spacial score (nSPS) is 11.5. The second kappa shape index (κ2) is 7.63. The Labute approximate surface area is 163 Å². The van der Waals surface area contributed by atoms with Gasteiger partial charge in [0.2, 0.25) is 0 Å². The molecule has 0 saturated carbocycles. The number of alkyl halides is 3. The molecule has 0 saturated heterocycles. The molecule has 0 radical (unpaired) electrons. The molecule has 3 rings (SSSR count). The van der Waals surface area contributed by atoms with Gasteiger partial charge in [-0.3, -0.25) is 14.2 Å². The van der Waals surface area contributed by atoms with Gasteiger partial charge in [-0.25, -0.2) is 0 Å². The van der Waals surface area contributed by atoms with Crippen LogP contribution in [0.15, 0.2) is 53.3 Å². The highest BCUT2D eigenvalue weighted by molar-refractivity contribution is 7.11. The molecule has 3 aromatic rings. The molecule has 2 aromatic carbocycles. The van der Waals surface area contributed by atoms with Gasteiger partial charge in [-0.15, -0.1) is 0 Å². The maximum absolute atomic E-state index is 12.9. The number of halogens is 3. The first-order valence-corrected chi connectivity index (χ1v) is 9.21. The van der Waals surface area contributed by atoms with Crippen LogP contribution in [0.3, 0.4) is 0 Å². The van der Waals surface area contributed by atoms with Crippen LogP contribution >= 0.6 is 11.3 Å². The van der Waals surface area contributed by atoms with Crippen LogP contribution in [0.25, 0.3) is 0 Å². The Bertz CT molecular complexity index is 1070. The summed E-state index contributed by atoms with van der Waals surface area (Å²) < 4.78 is 40.0. The maximum Gasteiger partial charge on any atom is 0.416 e. The second-order valence-electron chi connectivity index (χ2n) is 6.39. The lowest BCUT2D eigenvalue weighted by Crippen LogP contribution is -2.17.